The maximum atomic E-state index is 10.9. The summed E-state index contributed by atoms with van der Waals surface area (Å²) in [5.41, 5.74) is 3.95. The van der Waals surface area contributed by atoms with Gasteiger partial charge in [0.25, 0.3) is 0 Å². The van der Waals surface area contributed by atoms with Crippen LogP contribution in [0.2, 0.25) is 0 Å². The molecule has 0 spiro atoms. The minimum absolute atomic E-state index is 0.0666. The van der Waals surface area contributed by atoms with Gasteiger partial charge < -0.3 is 10.2 Å². The molecule has 3 nitrogen and oxygen atoms in total. The van der Waals surface area contributed by atoms with Crippen molar-refractivity contribution in [3.63, 3.8) is 0 Å². The van der Waals surface area contributed by atoms with E-state index in [2.05, 4.69) is 51.7 Å². The minimum atomic E-state index is -0.942. The molecule has 0 aliphatic heterocycles. The summed E-state index contributed by atoms with van der Waals surface area (Å²) in [6, 6.07) is 12.8. The normalized spacial score (nSPS) is 19.8. The van der Waals surface area contributed by atoms with Crippen molar-refractivity contribution in [1.29, 1.82) is 0 Å². The van der Waals surface area contributed by atoms with Gasteiger partial charge in [-0.25, -0.2) is 4.79 Å². The Bertz CT molecular complexity index is 909. The molecule has 2 aromatic rings. The number of benzene rings is 2. The number of carboxylic acids is 1. The maximum Gasteiger partial charge on any atom is 0.335 e. The summed E-state index contributed by atoms with van der Waals surface area (Å²) in [6.45, 7) is 8.49. The lowest BCUT2D eigenvalue weighted by Crippen LogP contribution is -2.45. The summed E-state index contributed by atoms with van der Waals surface area (Å²) in [7, 11) is 0. The van der Waals surface area contributed by atoms with E-state index in [1.165, 1.54) is 5.56 Å². The van der Waals surface area contributed by atoms with E-state index in [4.69, 9.17) is 5.11 Å². The lowest BCUT2D eigenvalue weighted by Gasteiger charge is -2.45. The highest BCUT2D eigenvalue weighted by Crippen LogP contribution is 2.46. The maximum absolute atomic E-state index is 10.9. The van der Waals surface area contributed by atoms with E-state index >= 15 is 0 Å². The van der Waals surface area contributed by atoms with Crippen LogP contribution in [0.15, 0.2) is 42.5 Å². The molecular formula is C23H24O3. The van der Waals surface area contributed by atoms with Crippen LogP contribution in [-0.2, 0) is 10.8 Å². The molecule has 0 aromatic heterocycles. The summed E-state index contributed by atoms with van der Waals surface area (Å²) < 4.78 is 0. The molecule has 3 rings (SSSR count). The van der Waals surface area contributed by atoms with Crippen LogP contribution in [0.25, 0.3) is 0 Å². The zero-order chi connectivity index (χ0) is 19.1. The Hall–Kier alpha value is -2.57. The van der Waals surface area contributed by atoms with Crippen LogP contribution in [0.5, 0.6) is 0 Å². The zero-order valence-corrected chi connectivity index (χ0v) is 15.6. The highest BCUT2D eigenvalue weighted by molar-refractivity contribution is 5.87. The third kappa shape index (κ3) is 3.25. The SMILES string of the molecule is CC1(C)CC(O)C(C)(C)c2cc(C#Cc3ccc(C(=O)O)cc3)ccc21. The monoisotopic (exact) mass is 348 g/mol. The van der Waals surface area contributed by atoms with Crippen molar-refractivity contribution in [1.82, 2.24) is 0 Å². The third-order valence-electron chi connectivity index (χ3n) is 5.46. The molecule has 1 aliphatic rings. The van der Waals surface area contributed by atoms with Crippen molar-refractivity contribution in [2.75, 3.05) is 0 Å². The van der Waals surface area contributed by atoms with Crippen molar-refractivity contribution in [2.24, 2.45) is 0 Å². The molecule has 0 amide bonds. The Labute approximate surface area is 154 Å². The lowest BCUT2D eigenvalue weighted by atomic mass is 9.61. The molecule has 1 atom stereocenters. The summed E-state index contributed by atoms with van der Waals surface area (Å²) in [5.74, 6) is 5.31. The van der Waals surface area contributed by atoms with Gasteiger partial charge in [0.2, 0.25) is 0 Å². The molecule has 134 valence electrons. The van der Waals surface area contributed by atoms with Crippen molar-refractivity contribution in [3.8, 4) is 11.8 Å². The first-order valence-electron chi connectivity index (χ1n) is 8.80. The fourth-order valence-corrected chi connectivity index (χ4v) is 3.61. The molecule has 2 aromatic carbocycles. The van der Waals surface area contributed by atoms with Crippen LogP contribution in [0.4, 0.5) is 0 Å². The predicted octanol–water partition coefficient (Wildman–Crippen LogP) is 4.10. The van der Waals surface area contributed by atoms with E-state index < -0.39 is 12.1 Å². The fourth-order valence-electron chi connectivity index (χ4n) is 3.61. The summed E-state index contributed by atoms with van der Waals surface area (Å²) in [5, 5.41) is 19.6. The molecule has 1 unspecified atom stereocenters. The summed E-state index contributed by atoms with van der Waals surface area (Å²) in [4.78, 5) is 10.9. The predicted molar refractivity (Wildman–Crippen MR) is 102 cm³/mol. The summed E-state index contributed by atoms with van der Waals surface area (Å²) in [6.07, 6.45) is 0.352. The number of carboxylic acid groups (broad SMARTS) is 1. The number of aliphatic hydroxyl groups excluding tert-OH is 1. The standard InChI is InChI=1S/C23H24O3/c1-22(2)14-20(24)23(3,4)19-13-16(9-12-18(19)22)6-5-15-7-10-17(11-8-15)21(25)26/h7-13,20,24H,14H2,1-4H3,(H,25,26). The fraction of sp³-hybridized carbons (Fsp3) is 0.348. The topological polar surface area (TPSA) is 57.5 Å². The number of rotatable bonds is 1. The number of hydrogen-bond acceptors (Lipinski definition) is 2. The number of aromatic carboxylic acids is 1. The first kappa shape index (κ1) is 18.2. The van der Waals surface area contributed by atoms with Crippen LogP contribution < -0.4 is 0 Å². The van der Waals surface area contributed by atoms with E-state index in [-0.39, 0.29) is 16.4 Å². The van der Waals surface area contributed by atoms with E-state index in [0.717, 1.165) is 23.1 Å². The first-order chi connectivity index (χ1) is 12.1. The van der Waals surface area contributed by atoms with Gasteiger partial charge >= 0.3 is 5.97 Å². The highest BCUT2D eigenvalue weighted by Gasteiger charge is 2.43. The van der Waals surface area contributed by atoms with Gasteiger partial charge in [0, 0.05) is 16.5 Å². The Morgan fingerprint density at radius 1 is 0.962 bits per heavy atom. The molecule has 0 radical (unpaired) electrons. The number of carbonyl (C=O) groups is 1. The van der Waals surface area contributed by atoms with Crippen LogP contribution in [0.3, 0.4) is 0 Å². The molecule has 2 N–H and O–H groups in total. The molecule has 26 heavy (non-hydrogen) atoms. The van der Waals surface area contributed by atoms with Gasteiger partial charge in [-0.2, -0.15) is 0 Å². The quantitative estimate of drug-likeness (QED) is 0.763. The molecule has 0 bridgehead atoms. The van der Waals surface area contributed by atoms with Gasteiger partial charge in [-0.15, -0.1) is 0 Å². The minimum Gasteiger partial charge on any atom is -0.478 e. The van der Waals surface area contributed by atoms with Gasteiger partial charge in [-0.3, -0.25) is 0 Å². The smallest absolute Gasteiger partial charge is 0.335 e. The van der Waals surface area contributed by atoms with Gasteiger partial charge in [0.1, 0.15) is 0 Å². The summed E-state index contributed by atoms with van der Waals surface area (Å²) >= 11 is 0. The number of fused-ring (bicyclic) bond motifs is 1. The molecule has 0 fully saturated rings. The Kier molecular flexibility index (Phi) is 4.42. The van der Waals surface area contributed by atoms with Gasteiger partial charge in [-0.1, -0.05) is 45.6 Å². The molecule has 0 heterocycles. The highest BCUT2D eigenvalue weighted by atomic mass is 16.4. The van der Waals surface area contributed by atoms with Crippen molar-refractivity contribution >= 4 is 5.97 Å². The lowest BCUT2D eigenvalue weighted by molar-refractivity contribution is 0.0583. The molecule has 0 saturated carbocycles. The number of hydrogen-bond donors (Lipinski definition) is 2. The van der Waals surface area contributed by atoms with Gasteiger partial charge in [0.05, 0.1) is 11.7 Å². The van der Waals surface area contributed by atoms with Crippen molar-refractivity contribution in [3.05, 3.63) is 70.3 Å². The van der Waals surface area contributed by atoms with Crippen LogP contribution in [-0.4, -0.2) is 22.3 Å². The van der Waals surface area contributed by atoms with Crippen LogP contribution in [0, 0.1) is 11.8 Å². The van der Waals surface area contributed by atoms with Gasteiger partial charge in [0.15, 0.2) is 0 Å². The Morgan fingerprint density at radius 3 is 2.15 bits per heavy atom. The average Bonchev–Trinajstić information content (AvgIpc) is 2.58. The van der Waals surface area contributed by atoms with Gasteiger partial charge in [-0.05, 0) is 59.4 Å². The average molecular weight is 348 g/mol. The molecule has 1 aliphatic carbocycles. The second-order valence-electron chi connectivity index (χ2n) is 8.22. The van der Waals surface area contributed by atoms with Crippen LogP contribution >= 0.6 is 0 Å². The van der Waals surface area contributed by atoms with E-state index in [1.807, 2.05) is 6.07 Å². The van der Waals surface area contributed by atoms with E-state index in [1.54, 1.807) is 24.3 Å². The Morgan fingerprint density at radius 2 is 1.54 bits per heavy atom. The first-order valence-corrected chi connectivity index (χ1v) is 8.80. The molecule has 0 saturated heterocycles. The van der Waals surface area contributed by atoms with Crippen molar-refractivity contribution in [2.45, 2.75) is 51.0 Å². The molecular weight excluding hydrogens is 324 g/mol. The number of aliphatic hydroxyl groups is 1. The zero-order valence-electron chi connectivity index (χ0n) is 15.6. The van der Waals surface area contributed by atoms with Crippen molar-refractivity contribution < 1.29 is 15.0 Å². The second kappa shape index (κ2) is 6.30. The van der Waals surface area contributed by atoms with E-state index in [9.17, 15) is 9.90 Å². The van der Waals surface area contributed by atoms with Crippen LogP contribution in [0.1, 0.15) is 66.7 Å². The van der Waals surface area contributed by atoms with E-state index in [0.29, 0.717) is 0 Å². The Balaban J connectivity index is 1.97. The molecule has 3 heteroatoms. The second-order valence-corrected chi connectivity index (χ2v) is 8.22. The third-order valence-corrected chi connectivity index (χ3v) is 5.46. The largest absolute Gasteiger partial charge is 0.478 e.